The number of nitrogens with one attached hydrogen (secondary N) is 1. The van der Waals surface area contributed by atoms with Gasteiger partial charge in [0, 0.05) is 18.1 Å². The number of carboxylic acid groups (broad SMARTS) is 1. The van der Waals surface area contributed by atoms with Crippen molar-refractivity contribution in [3.8, 4) is 17.0 Å². The number of hydrogen-bond acceptors (Lipinski definition) is 3. The summed E-state index contributed by atoms with van der Waals surface area (Å²) in [6.07, 6.45) is 0.721. The first-order valence-corrected chi connectivity index (χ1v) is 5.39. The largest absolute Gasteiger partial charge is 0.493 e. The molecular weight excluding hydrogens is 239 g/mol. The van der Waals surface area contributed by atoms with Crippen molar-refractivity contribution >= 4 is 5.97 Å². The Morgan fingerprint density at radius 1 is 1.44 bits per heavy atom. The van der Waals surface area contributed by atoms with Crippen molar-refractivity contribution in [1.82, 2.24) is 10.2 Å². The highest BCUT2D eigenvalue weighted by molar-refractivity contribution is 5.86. The molecule has 3 rings (SSSR count). The fourth-order valence-electron chi connectivity index (χ4n) is 1.97. The van der Waals surface area contributed by atoms with E-state index < -0.39 is 11.8 Å². The summed E-state index contributed by atoms with van der Waals surface area (Å²) in [7, 11) is 0. The summed E-state index contributed by atoms with van der Waals surface area (Å²) in [5.74, 6) is -1.05. The van der Waals surface area contributed by atoms with Gasteiger partial charge in [-0.25, -0.2) is 9.18 Å². The number of carboxylic acids is 1. The van der Waals surface area contributed by atoms with E-state index in [-0.39, 0.29) is 17.0 Å². The summed E-state index contributed by atoms with van der Waals surface area (Å²) < 4.78 is 19.1. The van der Waals surface area contributed by atoms with Crippen LogP contribution in [0.15, 0.2) is 18.2 Å². The number of halogens is 1. The molecule has 0 saturated carbocycles. The van der Waals surface area contributed by atoms with Crippen LogP contribution in [0.1, 0.15) is 16.1 Å². The maximum Gasteiger partial charge on any atom is 0.353 e. The van der Waals surface area contributed by atoms with Crippen LogP contribution in [-0.2, 0) is 6.42 Å². The normalized spacial score (nSPS) is 13.2. The number of ether oxygens (including phenoxy) is 1. The molecule has 1 aliphatic heterocycles. The van der Waals surface area contributed by atoms with Crippen LogP contribution in [0.4, 0.5) is 4.39 Å². The maximum atomic E-state index is 13.9. The van der Waals surface area contributed by atoms with Crippen molar-refractivity contribution in [1.29, 1.82) is 0 Å². The highest BCUT2D eigenvalue weighted by Gasteiger charge is 2.19. The van der Waals surface area contributed by atoms with E-state index >= 15 is 0 Å². The van der Waals surface area contributed by atoms with Gasteiger partial charge in [-0.1, -0.05) is 0 Å². The van der Waals surface area contributed by atoms with Gasteiger partial charge in [-0.3, -0.25) is 5.10 Å². The van der Waals surface area contributed by atoms with Crippen LogP contribution < -0.4 is 4.74 Å². The lowest BCUT2D eigenvalue weighted by atomic mass is 10.1. The van der Waals surface area contributed by atoms with Crippen LogP contribution in [0.5, 0.6) is 5.75 Å². The van der Waals surface area contributed by atoms with Gasteiger partial charge in [-0.2, -0.15) is 5.10 Å². The lowest BCUT2D eigenvalue weighted by Gasteiger charge is -2.03. The van der Waals surface area contributed by atoms with E-state index in [9.17, 15) is 9.18 Å². The smallest absolute Gasteiger partial charge is 0.353 e. The highest BCUT2D eigenvalue weighted by atomic mass is 19.1. The SMILES string of the molecule is O=C(O)c1cc(-c2cc3c(cc2F)OCC3)n[nH]1. The minimum atomic E-state index is -1.13. The molecule has 1 aliphatic rings. The molecule has 18 heavy (non-hydrogen) atoms. The Balaban J connectivity index is 2.08. The summed E-state index contributed by atoms with van der Waals surface area (Å²) in [6, 6.07) is 4.27. The average molecular weight is 248 g/mol. The quantitative estimate of drug-likeness (QED) is 0.850. The van der Waals surface area contributed by atoms with Crippen LogP contribution in [-0.4, -0.2) is 27.9 Å². The Morgan fingerprint density at radius 2 is 2.28 bits per heavy atom. The van der Waals surface area contributed by atoms with Crippen molar-refractivity contribution in [2.24, 2.45) is 0 Å². The summed E-state index contributed by atoms with van der Waals surface area (Å²) in [5, 5.41) is 14.9. The molecule has 92 valence electrons. The molecular formula is C12H9FN2O3. The van der Waals surface area contributed by atoms with Crippen molar-refractivity contribution in [3.05, 3.63) is 35.3 Å². The van der Waals surface area contributed by atoms with Crippen molar-refractivity contribution in [3.63, 3.8) is 0 Å². The molecule has 0 saturated heterocycles. The number of H-pyrrole nitrogens is 1. The molecule has 1 aromatic heterocycles. The number of nitrogens with zero attached hydrogens (tertiary/aromatic N) is 1. The van der Waals surface area contributed by atoms with Gasteiger partial charge in [-0.05, 0) is 17.7 Å². The number of hydrogen-bond donors (Lipinski definition) is 2. The molecule has 2 aromatic rings. The number of aromatic carboxylic acids is 1. The zero-order chi connectivity index (χ0) is 12.7. The fraction of sp³-hybridized carbons (Fsp3) is 0.167. The minimum Gasteiger partial charge on any atom is -0.493 e. The number of fused-ring (bicyclic) bond motifs is 1. The predicted molar refractivity (Wildman–Crippen MR) is 60.1 cm³/mol. The molecule has 0 spiro atoms. The van der Waals surface area contributed by atoms with Gasteiger partial charge in [0.15, 0.2) is 0 Å². The van der Waals surface area contributed by atoms with Crippen LogP contribution in [0, 0.1) is 5.82 Å². The topological polar surface area (TPSA) is 75.2 Å². The summed E-state index contributed by atoms with van der Waals surface area (Å²) in [5.41, 5.74) is 1.40. The van der Waals surface area contributed by atoms with Gasteiger partial charge in [0.1, 0.15) is 17.3 Å². The molecule has 0 fully saturated rings. The first kappa shape index (κ1) is 10.8. The lowest BCUT2D eigenvalue weighted by Crippen LogP contribution is -1.95. The molecule has 5 nitrogen and oxygen atoms in total. The standard InChI is InChI=1S/C12H9FN2O3/c13-8-4-11-6(1-2-18-11)3-7(8)9-5-10(12(16)17)15-14-9/h3-5H,1-2H2,(H,14,15)(H,16,17). The second-order valence-corrected chi connectivity index (χ2v) is 4.01. The molecule has 2 heterocycles. The Hall–Kier alpha value is -2.37. The third-order valence-corrected chi connectivity index (χ3v) is 2.86. The third kappa shape index (κ3) is 1.62. The summed E-state index contributed by atoms with van der Waals surface area (Å²) >= 11 is 0. The Bertz CT molecular complexity index is 636. The molecule has 0 bridgehead atoms. The van der Waals surface area contributed by atoms with Crippen molar-refractivity contribution in [2.75, 3.05) is 6.61 Å². The average Bonchev–Trinajstić information content (AvgIpc) is 2.94. The van der Waals surface area contributed by atoms with E-state index in [1.165, 1.54) is 12.1 Å². The van der Waals surface area contributed by atoms with Gasteiger partial charge in [-0.15, -0.1) is 0 Å². The first-order valence-electron chi connectivity index (χ1n) is 5.39. The molecule has 2 N–H and O–H groups in total. The van der Waals surface area contributed by atoms with E-state index in [0.29, 0.717) is 12.4 Å². The molecule has 0 atom stereocenters. The minimum absolute atomic E-state index is 0.0684. The maximum absolute atomic E-state index is 13.9. The number of aromatic nitrogens is 2. The predicted octanol–water partition coefficient (Wildman–Crippen LogP) is 1.85. The highest BCUT2D eigenvalue weighted by Crippen LogP contribution is 2.32. The van der Waals surface area contributed by atoms with E-state index in [1.807, 2.05) is 0 Å². The van der Waals surface area contributed by atoms with E-state index in [1.54, 1.807) is 6.07 Å². The van der Waals surface area contributed by atoms with Crippen LogP contribution in [0.3, 0.4) is 0 Å². The molecule has 0 radical (unpaired) electrons. The zero-order valence-electron chi connectivity index (χ0n) is 9.24. The second-order valence-electron chi connectivity index (χ2n) is 4.01. The zero-order valence-corrected chi connectivity index (χ0v) is 9.24. The van der Waals surface area contributed by atoms with Crippen LogP contribution in [0.2, 0.25) is 0 Å². The Labute approximate surface area is 101 Å². The third-order valence-electron chi connectivity index (χ3n) is 2.86. The van der Waals surface area contributed by atoms with Gasteiger partial charge >= 0.3 is 5.97 Å². The van der Waals surface area contributed by atoms with Gasteiger partial charge in [0.25, 0.3) is 0 Å². The molecule has 1 aromatic carbocycles. The lowest BCUT2D eigenvalue weighted by molar-refractivity contribution is 0.0690. The molecule has 0 unspecified atom stereocenters. The summed E-state index contributed by atoms with van der Waals surface area (Å²) in [6.45, 7) is 0.541. The first-order chi connectivity index (χ1) is 8.65. The fourth-order valence-corrected chi connectivity index (χ4v) is 1.97. The monoisotopic (exact) mass is 248 g/mol. The van der Waals surface area contributed by atoms with Gasteiger partial charge in [0.05, 0.1) is 12.3 Å². The molecule has 6 heteroatoms. The van der Waals surface area contributed by atoms with E-state index in [2.05, 4.69) is 10.2 Å². The van der Waals surface area contributed by atoms with Crippen molar-refractivity contribution < 1.29 is 19.0 Å². The number of aromatic amines is 1. The van der Waals surface area contributed by atoms with Crippen molar-refractivity contribution in [2.45, 2.75) is 6.42 Å². The summed E-state index contributed by atoms with van der Waals surface area (Å²) in [4.78, 5) is 10.7. The van der Waals surface area contributed by atoms with E-state index in [4.69, 9.17) is 9.84 Å². The van der Waals surface area contributed by atoms with Crippen LogP contribution >= 0.6 is 0 Å². The van der Waals surface area contributed by atoms with Gasteiger partial charge in [0.2, 0.25) is 0 Å². The molecule has 0 aliphatic carbocycles. The van der Waals surface area contributed by atoms with E-state index in [0.717, 1.165) is 12.0 Å². The van der Waals surface area contributed by atoms with Gasteiger partial charge < -0.3 is 9.84 Å². The Morgan fingerprint density at radius 3 is 3.00 bits per heavy atom. The van der Waals surface area contributed by atoms with Crippen LogP contribution in [0.25, 0.3) is 11.3 Å². The number of benzene rings is 1. The number of rotatable bonds is 2. The Kier molecular flexibility index (Phi) is 2.29. The number of carbonyl (C=O) groups is 1. The second kappa shape index (κ2) is 3.83. The molecule has 0 amide bonds.